The van der Waals surface area contributed by atoms with Gasteiger partial charge in [0, 0.05) is 0 Å². The summed E-state index contributed by atoms with van der Waals surface area (Å²) in [7, 11) is 0. The first-order valence-electron chi connectivity index (χ1n) is 9.99. The number of rotatable bonds is 1. The lowest BCUT2D eigenvalue weighted by Gasteiger charge is -2.10. The van der Waals surface area contributed by atoms with Crippen molar-refractivity contribution < 1.29 is 10.2 Å². The molecule has 0 unspecified atom stereocenters. The number of aromatic hydroxyl groups is 2. The Balaban J connectivity index is 0.000000188. The first-order valence-corrected chi connectivity index (χ1v) is 9.99. The van der Waals surface area contributed by atoms with Gasteiger partial charge in [0.05, 0.1) is 0 Å². The fraction of sp³-hybridized carbons (Fsp3) is 0.143. The van der Waals surface area contributed by atoms with Crippen molar-refractivity contribution in [1.82, 2.24) is 0 Å². The van der Waals surface area contributed by atoms with Crippen LogP contribution >= 0.6 is 0 Å². The summed E-state index contributed by atoms with van der Waals surface area (Å²) in [6.45, 7) is 8.64. The van der Waals surface area contributed by atoms with E-state index < -0.39 is 0 Å². The van der Waals surface area contributed by atoms with Crippen LogP contribution < -0.4 is 0 Å². The van der Waals surface area contributed by atoms with Gasteiger partial charge in [-0.3, -0.25) is 0 Å². The minimum Gasteiger partial charge on any atom is -0.508 e. The number of hydrogen-bond acceptors (Lipinski definition) is 2. The minimum absolute atomic E-state index is 0.322. The van der Waals surface area contributed by atoms with Crippen molar-refractivity contribution in [1.29, 1.82) is 0 Å². The topological polar surface area (TPSA) is 40.5 Å². The Bertz CT molecular complexity index is 952. The normalized spacial score (nSPS) is 9.60. The molecular formula is C28H30O2. The van der Waals surface area contributed by atoms with E-state index in [0.717, 1.165) is 0 Å². The molecular weight excluding hydrogens is 368 g/mol. The van der Waals surface area contributed by atoms with Crippen molar-refractivity contribution in [3.63, 3.8) is 0 Å². The Labute approximate surface area is 180 Å². The Hall–Kier alpha value is -3.52. The van der Waals surface area contributed by atoms with Gasteiger partial charge in [-0.1, -0.05) is 83.9 Å². The van der Waals surface area contributed by atoms with E-state index in [1.165, 1.54) is 33.4 Å². The molecule has 0 aliphatic rings. The molecule has 0 aliphatic carbocycles. The monoisotopic (exact) mass is 398 g/mol. The SMILES string of the molecule is Cc1ccc(-c2ccc(C)cc2C)c(C)c1.Oc1ccccc1.Oc1ccccc1. The molecule has 0 amide bonds. The third-order valence-corrected chi connectivity index (χ3v) is 4.57. The van der Waals surface area contributed by atoms with Crippen molar-refractivity contribution in [2.75, 3.05) is 0 Å². The zero-order valence-electron chi connectivity index (χ0n) is 18.1. The van der Waals surface area contributed by atoms with Crippen LogP contribution in [0, 0.1) is 27.7 Å². The summed E-state index contributed by atoms with van der Waals surface area (Å²) in [5.41, 5.74) is 8.06. The van der Waals surface area contributed by atoms with Gasteiger partial charge in [0.1, 0.15) is 11.5 Å². The summed E-state index contributed by atoms with van der Waals surface area (Å²) in [6.07, 6.45) is 0. The lowest BCUT2D eigenvalue weighted by molar-refractivity contribution is 0.475. The van der Waals surface area contributed by atoms with Crippen LogP contribution in [-0.2, 0) is 0 Å². The predicted molar refractivity (Wildman–Crippen MR) is 127 cm³/mol. The second kappa shape index (κ2) is 11.5. The first-order chi connectivity index (χ1) is 14.4. The molecule has 30 heavy (non-hydrogen) atoms. The summed E-state index contributed by atoms with van der Waals surface area (Å²) in [4.78, 5) is 0. The third kappa shape index (κ3) is 7.48. The highest BCUT2D eigenvalue weighted by Crippen LogP contribution is 2.27. The van der Waals surface area contributed by atoms with Crippen LogP contribution in [0.4, 0.5) is 0 Å². The van der Waals surface area contributed by atoms with Crippen molar-refractivity contribution >= 4 is 0 Å². The number of benzene rings is 4. The minimum atomic E-state index is 0.322. The van der Waals surface area contributed by atoms with Gasteiger partial charge in [-0.25, -0.2) is 0 Å². The van der Waals surface area contributed by atoms with Crippen molar-refractivity contribution in [2.24, 2.45) is 0 Å². The van der Waals surface area contributed by atoms with Gasteiger partial charge in [0.25, 0.3) is 0 Å². The van der Waals surface area contributed by atoms with Crippen LogP contribution in [0.15, 0.2) is 97.1 Å². The van der Waals surface area contributed by atoms with E-state index in [-0.39, 0.29) is 0 Å². The zero-order chi connectivity index (χ0) is 21.9. The number of aryl methyl sites for hydroxylation is 4. The summed E-state index contributed by atoms with van der Waals surface area (Å²) < 4.78 is 0. The number of para-hydroxylation sites is 2. The molecule has 0 atom stereocenters. The summed E-state index contributed by atoms with van der Waals surface area (Å²) in [5.74, 6) is 0.644. The maximum Gasteiger partial charge on any atom is 0.115 e. The molecule has 2 nitrogen and oxygen atoms in total. The van der Waals surface area contributed by atoms with Crippen LogP contribution in [0.3, 0.4) is 0 Å². The molecule has 0 fully saturated rings. The lowest BCUT2D eigenvalue weighted by Crippen LogP contribution is -1.88. The molecule has 0 heterocycles. The Morgan fingerprint density at radius 3 is 1.00 bits per heavy atom. The second-order valence-electron chi connectivity index (χ2n) is 7.31. The van der Waals surface area contributed by atoms with Crippen molar-refractivity contribution in [3.05, 3.63) is 119 Å². The summed E-state index contributed by atoms with van der Waals surface area (Å²) >= 11 is 0. The molecule has 0 bridgehead atoms. The maximum absolute atomic E-state index is 8.63. The van der Waals surface area contributed by atoms with Gasteiger partial charge in [-0.2, -0.15) is 0 Å². The summed E-state index contributed by atoms with van der Waals surface area (Å²) in [5, 5.41) is 17.3. The Morgan fingerprint density at radius 1 is 0.433 bits per heavy atom. The lowest BCUT2D eigenvalue weighted by atomic mass is 9.94. The van der Waals surface area contributed by atoms with Gasteiger partial charge in [0.2, 0.25) is 0 Å². The smallest absolute Gasteiger partial charge is 0.115 e. The molecule has 4 rings (SSSR count). The fourth-order valence-corrected chi connectivity index (χ4v) is 3.09. The highest BCUT2D eigenvalue weighted by molar-refractivity contribution is 5.71. The quantitative estimate of drug-likeness (QED) is 0.351. The number of phenolic OH excluding ortho intramolecular Hbond substituents is 2. The molecule has 0 spiro atoms. The molecule has 0 aromatic heterocycles. The Morgan fingerprint density at radius 2 is 0.767 bits per heavy atom. The number of phenols is 2. The van der Waals surface area contributed by atoms with E-state index >= 15 is 0 Å². The van der Waals surface area contributed by atoms with Crippen LogP contribution in [0.5, 0.6) is 11.5 Å². The highest BCUT2D eigenvalue weighted by atomic mass is 16.3. The van der Waals surface area contributed by atoms with E-state index in [0.29, 0.717) is 11.5 Å². The standard InChI is InChI=1S/C16H18.2C6H6O/c1-11-5-7-15(13(3)9-11)16-8-6-12(2)10-14(16)4;2*7-6-4-2-1-3-5-6/h5-10H,1-4H3;2*1-5,7H. The maximum atomic E-state index is 8.63. The molecule has 154 valence electrons. The van der Waals surface area contributed by atoms with Crippen molar-refractivity contribution in [2.45, 2.75) is 27.7 Å². The zero-order valence-corrected chi connectivity index (χ0v) is 18.1. The van der Waals surface area contributed by atoms with Gasteiger partial charge in [0.15, 0.2) is 0 Å². The molecule has 2 N–H and O–H groups in total. The van der Waals surface area contributed by atoms with Gasteiger partial charge in [-0.05, 0) is 74.2 Å². The largest absolute Gasteiger partial charge is 0.508 e. The van der Waals surface area contributed by atoms with Crippen LogP contribution in [0.25, 0.3) is 11.1 Å². The van der Waals surface area contributed by atoms with Crippen LogP contribution in [0.2, 0.25) is 0 Å². The van der Waals surface area contributed by atoms with Crippen LogP contribution in [-0.4, -0.2) is 10.2 Å². The average Bonchev–Trinajstić information content (AvgIpc) is 2.71. The van der Waals surface area contributed by atoms with Crippen molar-refractivity contribution in [3.8, 4) is 22.6 Å². The van der Waals surface area contributed by atoms with E-state index in [9.17, 15) is 0 Å². The van der Waals surface area contributed by atoms with E-state index in [1.54, 1.807) is 48.5 Å². The molecule has 0 saturated carbocycles. The van der Waals surface area contributed by atoms with Gasteiger partial charge < -0.3 is 10.2 Å². The Kier molecular flexibility index (Phi) is 8.71. The van der Waals surface area contributed by atoms with E-state index in [1.807, 2.05) is 12.1 Å². The number of hydrogen-bond donors (Lipinski definition) is 2. The summed E-state index contributed by atoms with van der Waals surface area (Å²) in [6, 6.07) is 30.7. The fourth-order valence-electron chi connectivity index (χ4n) is 3.09. The van der Waals surface area contributed by atoms with Crippen LogP contribution in [0.1, 0.15) is 22.3 Å². The van der Waals surface area contributed by atoms with Gasteiger partial charge in [-0.15, -0.1) is 0 Å². The average molecular weight is 399 g/mol. The van der Waals surface area contributed by atoms with E-state index in [2.05, 4.69) is 64.1 Å². The predicted octanol–water partition coefficient (Wildman–Crippen LogP) is 7.37. The van der Waals surface area contributed by atoms with Gasteiger partial charge >= 0.3 is 0 Å². The second-order valence-corrected chi connectivity index (χ2v) is 7.31. The molecule has 4 aromatic carbocycles. The first kappa shape index (κ1) is 22.8. The molecule has 0 radical (unpaired) electrons. The molecule has 0 saturated heterocycles. The highest BCUT2D eigenvalue weighted by Gasteiger charge is 2.04. The molecule has 2 heteroatoms. The van der Waals surface area contributed by atoms with E-state index in [4.69, 9.17) is 10.2 Å². The third-order valence-electron chi connectivity index (χ3n) is 4.57. The molecule has 0 aliphatic heterocycles. The molecule has 4 aromatic rings.